The molecule has 0 fully saturated rings. The van der Waals surface area contributed by atoms with Crippen LogP contribution in [0.2, 0.25) is 0 Å². The third kappa shape index (κ3) is 13.4. The van der Waals surface area contributed by atoms with Gasteiger partial charge in [0.05, 0.1) is 23.7 Å². The van der Waals surface area contributed by atoms with E-state index in [0.717, 1.165) is 0 Å². The van der Waals surface area contributed by atoms with Crippen molar-refractivity contribution in [3.05, 3.63) is 0 Å². The van der Waals surface area contributed by atoms with Crippen LogP contribution in [0.25, 0.3) is 0 Å². The summed E-state index contributed by atoms with van der Waals surface area (Å²) in [6, 6.07) is 0. The van der Waals surface area contributed by atoms with Crippen molar-refractivity contribution in [3.8, 4) is 0 Å². The molecule has 0 bridgehead atoms. The first-order valence-corrected chi connectivity index (χ1v) is 12.6. The molecule has 0 rings (SSSR count). The lowest BCUT2D eigenvalue weighted by molar-refractivity contribution is -0.177. The molecule has 0 aliphatic carbocycles. The third-order valence-corrected chi connectivity index (χ3v) is 6.21. The summed E-state index contributed by atoms with van der Waals surface area (Å²) >= 11 is 0. The first-order chi connectivity index (χ1) is 16.2. The SMILES string of the molecule is CC(O)COC(=O)C(C)(C)C(C)(C)OCCCCOC(=O)CCCC(=O)C(C)(C)OCCCCO. The number of rotatable bonds is 20. The van der Waals surface area contributed by atoms with E-state index in [0.29, 0.717) is 45.3 Å². The number of aliphatic hydroxyl groups is 2. The zero-order valence-corrected chi connectivity index (χ0v) is 22.8. The van der Waals surface area contributed by atoms with E-state index in [9.17, 15) is 19.5 Å². The smallest absolute Gasteiger partial charge is 0.314 e. The summed E-state index contributed by atoms with van der Waals surface area (Å²) in [4.78, 5) is 36.6. The van der Waals surface area contributed by atoms with Gasteiger partial charge in [-0.15, -0.1) is 0 Å². The summed E-state index contributed by atoms with van der Waals surface area (Å²) < 4.78 is 21.9. The molecule has 0 saturated heterocycles. The van der Waals surface area contributed by atoms with Gasteiger partial charge in [0.15, 0.2) is 5.78 Å². The van der Waals surface area contributed by atoms with E-state index in [-0.39, 0.29) is 44.4 Å². The van der Waals surface area contributed by atoms with Crippen molar-refractivity contribution in [2.45, 2.75) is 111 Å². The zero-order valence-electron chi connectivity index (χ0n) is 22.8. The number of unbranched alkanes of at least 4 members (excludes halogenated alkanes) is 2. The van der Waals surface area contributed by atoms with Crippen molar-refractivity contribution in [1.29, 1.82) is 0 Å². The van der Waals surface area contributed by atoms with E-state index in [1.54, 1.807) is 34.6 Å². The molecule has 0 aromatic carbocycles. The minimum absolute atomic E-state index is 0.0607. The van der Waals surface area contributed by atoms with Gasteiger partial charge in [-0.2, -0.15) is 0 Å². The fourth-order valence-electron chi connectivity index (χ4n) is 2.91. The zero-order chi connectivity index (χ0) is 27.1. The Balaban J connectivity index is 4.11. The van der Waals surface area contributed by atoms with Gasteiger partial charge >= 0.3 is 11.9 Å². The van der Waals surface area contributed by atoms with Gasteiger partial charge in [0.1, 0.15) is 12.2 Å². The average Bonchev–Trinajstić information content (AvgIpc) is 2.76. The van der Waals surface area contributed by atoms with Crippen LogP contribution in [0.3, 0.4) is 0 Å². The van der Waals surface area contributed by atoms with Gasteiger partial charge in [-0.05, 0) is 80.6 Å². The van der Waals surface area contributed by atoms with Crippen molar-refractivity contribution < 1.29 is 43.5 Å². The lowest BCUT2D eigenvalue weighted by Gasteiger charge is -2.39. The Labute approximate surface area is 210 Å². The molecule has 9 heteroatoms. The van der Waals surface area contributed by atoms with Gasteiger partial charge in [-0.1, -0.05) is 0 Å². The molecule has 0 amide bonds. The molecule has 0 aromatic heterocycles. The number of Topliss-reactive ketones (excluding diaryl/α,β-unsaturated/α-hetero) is 1. The quantitative estimate of drug-likeness (QED) is 0.189. The maximum Gasteiger partial charge on any atom is 0.314 e. The van der Waals surface area contributed by atoms with Crippen LogP contribution in [0.15, 0.2) is 0 Å². The lowest BCUT2D eigenvalue weighted by Crippen LogP contribution is -2.48. The fourth-order valence-corrected chi connectivity index (χ4v) is 2.91. The van der Waals surface area contributed by atoms with Crippen LogP contribution in [0.5, 0.6) is 0 Å². The number of esters is 2. The molecule has 0 aliphatic rings. The molecule has 1 atom stereocenters. The monoisotopic (exact) mass is 504 g/mol. The first-order valence-electron chi connectivity index (χ1n) is 12.6. The summed E-state index contributed by atoms with van der Waals surface area (Å²) in [5, 5.41) is 18.1. The molecule has 0 spiro atoms. The van der Waals surface area contributed by atoms with Crippen LogP contribution in [0, 0.1) is 5.41 Å². The largest absolute Gasteiger partial charge is 0.466 e. The Bertz CT molecular complexity index is 639. The van der Waals surface area contributed by atoms with Crippen LogP contribution >= 0.6 is 0 Å². The van der Waals surface area contributed by atoms with Crippen LogP contribution in [-0.4, -0.2) is 78.3 Å². The molecular formula is C26H48O9. The number of carbonyl (C=O) groups is 3. The summed E-state index contributed by atoms with van der Waals surface area (Å²) in [7, 11) is 0. The predicted octanol–water partition coefficient (Wildman–Crippen LogP) is 3.36. The van der Waals surface area contributed by atoms with Crippen molar-refractivity contribution in [1.82, 2.24) is 0 Å². The second kappa shape index (κ2) is 16.2. The van der Waals surface area contributed by atoms with Crippen molar-refractivity contribution in [2.75, 3.05) is 33.0 Å². The second-order valence-corrected chi connectivity index (χ2v) is 10.4. The van der Waals surface area contributed by atoms with Gasteiger partial charge in [0, 0.05) is 32.7 Å². The van der Waals surface area contributed by atoms with Gasteiger partial charge < -0.3 is 29.2 Å². The molecule has 0 saturated carbocycles. The lowest BCUT2D eigenvalue weighted by atomic mass is 9.77. The highest BCUT2D eigenvalue weighted by molar-refractivity contribution is 5.86. The molecule has 0 heterocycles. The highest BCUT2D eigenvalue weighted by Crippen LogP contribution is 2.35. The maximum absolute atomic E-state index is 12.4. The number of hydrogen-bond acceptors (Lipinski definition) is 9. The van der Waals surface area contributed by atoms with E-state index in [1.807, 2.05) is 13.8 Å². The number of carbonyl (C=O) groups excluding carboxylic acids is 3. The molecule has 0 radical (unpaired) electrons. The minimum Gasteiger partial charge on any atom is -0.466 e. The highest BCUT2D eigenvalue weighted by Gasteiger charge is 2.45. The second-order valence-electron chi connectivity index (χ2n) is 10.4. The molecule has 0 aliphatic heterocycles. The molecule has 0 aromatic rings. The fraction of sp³-hybridized carbons (Fsp3) is 0.885. The number of ether oxygens (including phenoxy) is 4. The Morgan fingerprint density at radius 2 is 1.34 bits per heavy atom. The summed E-state index contributed by atoms with van der Waals surface area (Å²) in [6.07, 6.45) is 2.67. The summed E-state index contributed by atoms with van der Waals surface area (Å²) in [5.41, 5.74) is -2.61. The Morgan fingerprint density at radius 3 is 1.94 bits per heavy atom. The number of aliphatic hydroxyl groups excluding tert-OH is 2. The Kier molecular flexibility index (Phi) is 15.5. The van der Waals surface area contributed by atoms with Crippen molar-refractivity contribution >= 4 is 17.7 Å². The standard InChI is InChI=1S/C26H48O9/c1-20(28)19-33-23(31)24(2,3)26(6,7)35-18-11-10-16-32-22(30)14-12-13-21(29)25(4,5)34-17-9-8-15-27/h20,27-28H,8-19H2,1-7H3. The van der Waals surface area contributed by atoms with Crippen molar-refractivity contribution in [3.63, 3.8) is 0 Å². The van der Waals surface area contributed by atoms with E-state index < -0.39 is 28.7 Å². The summed E-state index contributed by atoms with van der Waals surface area (Å²) in [6.45, 7) is 13.2. The van der Waals surface area contributed by atoms with E-state index >= 15 is 0 Å². The molecule has 2 N–H and O–H groups in total. The molecule has 206 valence electrons. The molecule has 35 heavy (non-hydrogen) atoms. The Hall–Kier alpha value is -1.55. The molecule has 1 unspecified atom stereocenters. The van der Waals surface area contributed by atoms with Gasteiger partial charge in [0.25, 0.3) is 0 Å². The van der Waals surface area contributed by atoms with Gasteiger partial charge in [0.2, 0.25) is 0 Å². The van der Waals surface area contributed by atoms with Crippen molar-refractivity contribution in [2.24, 2.45) is 5.41 Å². The topological polar surface area (TPSA) is 129 Å². The highest BCUT2D eigenvalue weighted by atomic mass is 16.6. The van der Waals surface area contributed by atoms with Crippen LogP contribution < -0.4 is 0 Å². The van der Waals surface area contributed by atoms with Crippen LogP contribution in [0.1, 0.15) is 93.4 Å². The maximum atomic E-state index is 12.4. The number of hydrogen-bond donors (Lipinski definition) is 2. The van der Waals surface area contributed by atoms with E-state index in [2.05, 4.69) is 0 Å². The average molecular weight is 505 g/mol. The van der Waals surface area contributed by atoms with Crippen LogP contribution in [-0.2, 0) is 33.3 Å². The summed E-state index contributed by atoms with van der Waals surface area (Å²) in [5.74, 6) is -0.845. The van der Waals surface area contributed by atoms with E-state index in [1.165, 1.54) is 0 Å². The molecular weight excluding hydrogens is 456 g/mol. The molecule has 9 nitrogen and oxygen atoms in total. The van der Waals surface area contributed by atoms with Gasteiger partial charge in [-0.25, -0.2) is 0 Å². The minimum atomic E-state index is -0.912. The predicted molar refractivity (Wildman–Crippen MR) is 132 cm³/mol. The Morgan fingerprint density at radius 1 is 0.771 bits per heavy atom. The number of ketones is 1. The third-order valence-electron chi connectivity index (χ3n) is 6.21. The van der Waals surface area contributed by atoms with Gasteiger partial charge in [-0.3, -0.25) is 14.4 Å². The van der Waals surface area contributed by atoms with Crippen LogP contribution in [0.4, 0.5) is 0 Å². The van der Waals surface area contributed by atoms with E-state index in [4.69, 9.17) is 24.1 Å². The first kappa shape index (κ1) is 33.4. The normalized spacial score (nSPS) is 13.4.